The second kappa shape index (κ2) is 4.99. The summed E-state index contributed by atoms with van der Waals surface area (Å²) in [7, 11) is 0. The van der Waals surface area contributed by atoms with Crippen LogP contribution in [0.1, 0.15) is 42.2 Å². The number of pyridine rings is 1. The molecule has 1 amide bonds. The van der Waals surface area contributed by atoms with E-state index in [2.05, 4.69) is 10.3 Å². The molecule has 1 aromatic heterocycles. The Morgan fingerprint density at radius 2 is 2.26 bits per heavy atom. The van der Waals surface area contributed by atoms with Crippen LogP contribution >= 0.6 is 0 Å². The van der Waals surface area contributed by atoms with Crippen molar-refractivity contribution in [3.05, 3.63) is 29.6 Å². The first-order valence-corrected chi connectivity index (χ1v) is 6.41. The molecule has 0 aromatic carbocycles. The van der Waals surface area contributed by atoms with E-state index in [0.29, 0.717) is 24.1 Å². The highest BCUT2D eigenvalue weighted by atomic mass is 16.4. The average Bonchev–Trinajstić information content (AvgIpc) is 2.73. The molecule has 19 heavy (non-hydrogen) atoms. The number of hydrogen-bond donors (Lipinski definition) is 2. The van der Waals surface area contributed by atoms with E-state index < -0.39 is 11.4 Å². The van der Waals surface area contributed by atoms with Gasteiger partial charge in [-0.1, -0.05) is 6.42 Å². The molecular weight excluding hydrogens is 244 g/mol. The number of rotatable bonds is 3. The van der Waals surface area contributed by atoms with E-state index in [0.717, 1.165) is 6.42 Å². The molecule has 5 heteroatoms. The van der Waals surface area contributed by atoms with Crippen molar-refractivity contribution in [1.82, 2.24) is 10.3 Å². The van der Waals surface area contributed by atoms with Gasteiger partial charge in [0.2, 0.25) is 0 Å². The van der Waals surface area contributed by atoms with Crippen LogP contribution in [-0.4, -0.2) is 28.0 Å². The lowest BCUT2D eigenvalue weighted by molar-refractivity contribution is -0.148. The minimum absolute atomic E-state index is 0.245. The largest absolute Gasteiger partial charge is 0.481 e. The van der Waals surface area contributed by atoms with Crippen LogP contribution in [0.5, 0.6) is 0 Å². The number of carboxylic acids is 1. The number of carbonyl (C=O) groups excluding carboxylic acids is 1. The molecule has 102 valence electrons. The van der Waals surface area contributed by atoms with Crippen LogP contribution in [0.3, 0.4) is 0 Å². The summed E-state index contributed by atoms with van der Waals surface area (Å²) in [5, 5.41) is 12.2. The number of aliphatic carboxylic acids is 1. The van der Waals surface area contributed by atoms with Gasteiger partial charge in [0.05, 0.1) is 11.0 Å². The fourth-order valence-corrected chi connectivity index (χ4v) is 2.61. The third kappa shape index (κ3) is 2.45. The van der Waals surface area contributed by atoms with Crippen molar-refractivity contribution in [2.75, 3.05) is 0 Å². The quantitative estimate of drug-likeness (QED) is 0.870. The zero-order valence-electron chi connectivity index (χ0n) is 11.1. The van der Waals surface area contributed by atoms with E-state index in [1.807, 2.05) is 0 Å². The number of amides is 1. The first-order valence-electron chi connectivity index (χ1n) is 6.41. The standard InChI is InChI=1S/C14H18N2O3/c1-9-10(5-4-8-15-9)12(17)16-11-6-3-7-14(11,2)13(18)19/h4-5,8,11H,3,6-7H2,1-2H3,(H,16,17)(H,18,19). The zero-order valence-corrected chi connectivity index (χ0v) is 11.1. The summed E-state index contributed by atoms with van der Waals surface area (Å²) in [6, 6.07) is 3.08. The predicted octanol–water partition coefficient (Wildman–Crippen LogP) is 1.76. The van der Waals surface area contributed by atoms with Gasteiger partial charge < -0.3 is 10.4 Å². The van der Waals surface area contributed by atoms with E-state index in [-0.39, 0.29) is 11.9 Å². The number of hydrogen-bond acceptors (Lipinski definition) is 3. The molecule has 1 fully saturated rings. The topological polar surface area (TPSA) is 79.3 Å². The highest BCUT2D eigenvalue weighted by Crippen LogP contribution is 2.38. The molecule has 0 saturated heterocycles. The van der Waals surface area contributed by atoms with E-state index in [1.54, 1.807) is 32.2 Å². The Bertz CT molecular complexity index is 515. The van der Waals surface area contributed by atoms with Gasteiger partial charge in [-0.05, 0) is 38.8 Å². The monoisotopic (exact) mass is 262 g/mol. The Labute approximate surface area is 112 Å². The Kier molecular flexibility index (Phi) is 3.55. The first kappa shape index (κ1) is 13.5. The summed E-state index contributed by atoms with van der Waals surface area (Å²) in [5.41, 5.74) is 0.281. The fourth-order valence-electron chi connectivity index (χ4n) is 2.61. The van der Waals surface area contributed by atoms with Crippen LogP contribution in [0, 0.1) is 12.3 Å². The number of aryl methyl sites for hydroxylation is 1. The molecule has 0 aliphatic heterocycles. The molecule has 2 unspecified atom stereocenters. The molecule has 1 aromatic rings. The minimum atomic E-state index is -0.869. The summed E-state index contributed by atoms with van der Waals surface area (Å²) in [6.45, 7) is 3.46. The van der Waals surface area contributed by atoms with Crippen molar-refractivity contribution in [1.29, 1.82) is 0 Å². The van der Waals surface area contributed by atoms with Crippen LogP contribution in [0.25, 0.3) is 0 Å². The predicted molar refractivity (Wildman–Crippen MR) is 69.8 cm³/mol. The lowest BCUT2D eigenvalue weighted by atomic mass is 9.85. The molecular formula is C14H18N2O3. The second-order valence-corrected chi connectivity index (χ2v) is 5.28. The molecule has 2 N–H and O–H groups in total. The van der Waals surface area contributed by atoms with Crippen LogP contribution in [0.2, 0.25) is 0 Å². The summed E-state index contributed by atoms with van der Waals surface area (Å²) in [5.74, 6) is -1.09. The van der Waals surface area contributed by atoms with Gasteiger partial charge >= 0.3 is 5.97 Å². The van der Waals surface area contributed by atoms with Gasteiger partial charge in [0, 0.05) is 17.9 Å². The van der Waals surface area contributed by atoms with E-state index in [1.165, 1.54) is 0 Å². The molecule has 2 atom stereocenters. The molecule has 1 heterocycles. The smallest absolute Gasteiger partial charge is 0.311 e. The van der Waals surface area contributed by atoms with Gasteiger partial charge in [0.25, 0.3) is 5.91 Å². The lowest BCUT2D eigenvalue weighted by Crippen LogP contribution is -2.47. The second-order valence-electron chi connectivity index (χ2n) is 5.28. The maximum Gasteiger partial charge on any atom is 0.311 e. The summed E-state index contributed by atoms with van der Waals surface area (Å²) in [4.78, 5) is 27.6. The number of nitrogens with one attached hydrogen (secondary N) is 1. The van der Waals surface area contributed by atoms with Crippen LogP contribution in [0.15, 0.2) is 18.3 Å². The van der Waals surface area contributed by atoms with Crippen molar-refractivity contribution in [3.8, 4) is 0 Å². The van der Waals surface area contributed by atoms with Gasteiger partial charge in [0.1, 0.15) is 0 Å². The van der Waals surface area contributed by atoms with E-state index >= 15 is 0 Å². The van der Waals surface area contributed by atoms with Crippen molar-refractivity contribution in [3.63, 3.8) is 0 Å². The van der Waals surface area contributed by atoms with Gasteiger partial charge in [-0.2, -0.15) is 0 Å². The Morgan fingerprint density at radius 1 is 1.53 bits per heavy atom. The number of aromatic nitrogens is 1. The van der Waals surface area contributed by atoms with E-state index in [4.69, 9.17) is 0 Å². The maximum absolute atomic E-state index is 12.2. The molecule has 0 bridgehead atoms. The highest BCUT2D eigenvalue weighted by Gasteiger charge is 2.46. The summed E-state index contributed by atoms with van der Waals surface area (Å²) < 4.78 is 0. The van der Waals surface area contributed by atoms with Crippen LogP contribution < -0.4 is 5.32 Å². The minimum Gasteiger partial charge on any atom is -0.481 e. The third-order valence-electron chi connectivity index (χ3n) is 4.00. The number of carboxylic acid groups (broad SMARTS) is 1. The first-order chi connectivity index (χ1) is 8.95. The van der Waals surface area contributed by atoms with Gasteiger partial charge in [-0.25, -0.2) is 0 Å². The Balaban J connectivity index is 2.16. The molecule has 0 spiro atoms. The highest BCUT2D eigenvalue weighted by molar-refractivity contribution is 5.95. The molecule has 2 rings (SSSR count). The van der Waals surface area contributed by atoms with Crippen molar-refractivity contribution in [2.24, 2.45) is 5.41 Å². The van der Waals surface area contributed by atoms with Crippen LogP contribution in [0.4, 0.5) is 0 Å². The SMILES string of the molecule is Cc1ncccc1C(=O)NC1CCCC1(C)C(=O)O. The normalized spacial score (nSPS) is 26.1. The molecule has 1 aliphatic rings. The molecule has 5 nitrogen and oxygen atoms in total. The Morgan fingerprint density at radius 3 is 2.89 bits per heavy atom. The molecule has 1 saturated carbocycles. The fraction of sp³-hybridized carbons (Fsp3) is 0.500. The van der Waals surface area contributed by atoms with Gasteiger partial charge in [0.15, 0.2) is 0 Å². The van der Waals surface area contributed by atoms with Crippen LogP contribution in [-0.2, 0) is 4.79 Å². The van der Waals surface area contributed by atoms with Crippen molar-refractivity contribution < 1.29 is 14.7 Å². The van der Waals surface area contributed by atoms with Crippen molar-refractivity contribution in [2.45, 2.75) is 39.2 Å². The summed E-state index contributed by atoms with van der Waals surface area (Å²) in [6.07, 6.45) is 3.75. The van der Waals surface area contributed by atoms with Gasteiger partial charge in [-0.3, -0.25) is 14.6 Å². The average molecular weight is 262 g/mol. The van der Waals surface area contributed by atoms with Crippen molar-refractivity contribution >= 4 is 11.9 Å². The lowest BCUT2D eigenvalue weighted by Gasteiger charge is -2.27. The summed E-state index contributed by atoms with van der Waals surface area (Å²) >= 11 is 0. The van der Waals surface area contributed by atoms with E-state index in [9.17, 15) is 14.7 Å². The number of nitrogens with zero attached hydrogens (tertiary/aromatic N) is 1. The number of carbonyl (C=O) groups is 2. The molecule has 0 radical (unpaired) electrons. The third-order valence-corrected chi connectivity index (χ3v) is 4.00. The zero-order chi connectivity index (χ0) is 14.0. The maximum atomic E-state index is 12.2. The molecule has 1 aliphatic carbocycles. The van der Waals surface area contributed by atoms with Gasteiger partial charge in [-0.15, -0.1) is 0 Å². The Hall–Kier alpha value is -1.91.